The van der Waals surface area contributed by atoms with Crippen molar-refractivity contribution in [2.75, 3.05) is 6.61 Å². The van der Waals surface area contributed by atoms with Gasteiger partial charge < -0.3 is 18.9 Å². The molecule has 1 saturated heterocycles. The Morgan fingerprint density at radius 1 is 0.826 bits per heavy atom. The highest BCUT2D eigenvalue weighted by molar-refractivity contribution is 6.05. The van der Waals surface area contributed by atoms with E-state index in [4.69, 9.17) is 18.9 Å². The molecule has 1 unspecified atom stereocenters. The third kappa shape index (κ3) is 6.10. The van der Waals surface area contributed by atoms with Crippen LogP contribution in [0.5, 0.6) is 0 Å². The molecule has 230 valence electrons. The quantitative estimate of drug-likeness (QED) is 0.102. The van der Waals surface area contributed by atoms with Gasteiger partial charge in [-0.1, -0.05) is 54.6 Å². The Morgan fingerprint density at radius 3 is 1.98 bits per heavy atom. The van der Waals surface area contributed by atoms with Crippen molar-refractivity contribution in [2.24, 2.45) is 10.1 Å². The maximum absolute atomic E-state index is 13.5. The van der Waals surface area contributed by atoms with Gasteiger partial charge in [0, 0.05) is 0 Å². The molecular weight excluding hydrogens is 591 g/mol. The van der Waals surface area contributed by atoms with Crippen molar-refractivity contribution in [1.29, 1.82) is 0 Å². The highest BCUT2D eigenvalue weighted by Gasteiger charge is 2.59. The van der Waals surface area contributed by atoms with Gasteiger partial charge >= 0.3 is 17.9 Å². The Kier molecular flexibility index (Phi) is 8.61. The summed E-state index contributed by atoms with van der Waals surface area (Å²) in [4.78, 5) is 52.9. The molecule has 14 heteroatoms. The van der Waals surface area contributed by atoms with Crippen LogP contribution < -0.4 is 0 Å². The number of carbonyl (C=O) groups is 3. The summed E-state index contributed by atoms with van der Waals surface area (Å²) < 4.78 is 25.9. The summed E-state index contributed by atoms with van der Waals surface area (Å²) in [7, 11) is 1.50. The summed E-state index contributed by atoms with van der Waals surface area (Å²) in [6.07, 6.45) is -0.953. The first kappa shape index (κ1) is 30.3. The van der Waals surface area contributed by atoms with Crippen LogP contribution in [-0.2, 0) is 18.9 Å². The van der Waals surface area contributed by atoms with Crippen molar-refractivity contribution in [3.8, 4) is 0 Å². The van der Waals surface area contributed by atoms with Gasteiger partial charge in [0.2, 0.25) is 5.82 Å². The highest BCUT2D eigenvalue weighted by Crippen LogP contribution is 2.43. The Labute approximate surface area is 263 Å². The average molecular weight is 618 g/mol. The smallest absolute Gasteiger partial charge is 0.338 e. The summed E-state index contributed by atoms with van der Waals surface area (Å²) in [6.45, 7) is 1.25. The summed E-state index contributed by atoms with van der Waals surface area (Å²) in [5, 5.41) is 7.81. The molecular formula is C32H27BN6O7. The minimum absolute atomic E-state index is 0.216. The van der Waals surface area contributed by atoms with Crippen LogP contribution in [0.2, 0.25) is 0 Å². The minimum Gasteiger partial charge on any atom is -0.459 e. The van der Waals surface area contributed by atoms with Crippen molar-refractivity contribution in [2.45, 2.75) is 31.0 Å². The number of rotatable bonds is 9. The maximum Gasteiger partial charge on any atom is 0.338 e. The Morgan fingerprint density at radius 2 is 1.39 bits per heavy atom. The van der Waals surface area contributed by atoms with Gasteiger partial charge in [0.25, 0.3) is 7.98 Å². The van der Waals surface area contributed by atoms with Crippen LogP contribution in [0.25, 0.3) is 11.2 Å². The van der Waals surface area contributed by atoms with Gasteiger partial charge in [-0.2, -0.15) is 0 Å². The lowest BCUT2D eigenvalue weighted by molar-refractivity contribution is -0.120. The summed E-state index contributed by atoms with van der Waals surface area (Å²) >= 11 is 0. The number of benzene rings is 3. The number of nitrogens with zero attached hydrogens (tertiary/aromatic N) is 6. The zero-order valence-electron chi connectivity index (χ0n) is 24.8. The van der Waals surface area contributed by atoms with Gasteiger partial charge in [-0.25, -0.2) is 29.3 Å². The second kappa shape index (κ2) is 13.1. The van der Waals surface area contributed by atoms with E-state index < -0.39 is 41.9 Å². The summed E-state index contributed by atoms with van der Waals surface area (Å²) in [5.41, 5.74) is -0.0642. The third-order valence-electron chi connectivity index (χ3n) is 7.38. The number of imidazole rings is 1. The highest BCUT2D eigenvalue weighted by atomic mass is 16.7. The standard InChI is InChI=1S/C32H27BN6O7/c1-32(17-43-29(40)20-11-5-2-6-12-20)25(45-31(42)22-15-9-4-10-16-22)24(44-30(41)21-13-7-3-8-14-21)28(46-32)39-19-36-23-26(37-38-33)34-18-35-27(23)39/h2-16,18-19,24-25,28H,17,33H2,1H3/t24-,25?,28+,32+/m0/s1. The van der Waals surface area contributed by atoms with E-state index in [0.717, 1.165) is 0 Å². The molecule has 46 heavy (non-hydrogen) atoms. The molecule has 3 aromatic carbocycles. The Bertz CT molecular complexity index is 1890. The van der Waals surface area contributed by atoms with Crippen LogP contribution in [0.3, 0.4) is 0 Å². The first-order valence-corrected chi connectivity index (χ1v) is 14.3. The van der Waals surface area contributed by atoms with E-state index in [1.54, 1.807) is 97.9 Å². The number of carbonyl (C=O) groups excluding carboxylic acids is 3. The predicted octanol–water partition coefficient (Wildman–Crippen LogP) is 4.05. The average Bonchev–Trinajstić information content (AvgIpc) is 3.64. The summed E-state index contributed by atoms with van der Waals surface area (Å²) in [6, 6.07) is 25.1. The van der Waals surface area contributed by atoms with E-state index in [1.807, 2.05) is 0 Å². The van der Waals surface area contributed by atoms with Gasteiger partial charge in [0.05, 0.1) is 23.0 Å². The third-order valence-corrected chi connectivity index (χ3v) is 7.38. The van der Waals surface area contributed by atoms with E-state index in [2.05, 4.69) is 25.1 Å². The SMILES string of the molecule is BN=Nc1ncnc2c1ncn2[C@@H]1O[C@](C)(COC(=O)c2ccccc2)C(OC(=O)c2ccccc2)[C@@H]1OC(=O)c1ccccc1. The molecule has 1 aliphatic rings. The minimum atomic E-state index is -1.52. The van der Waals surface area contributed by atoms with Gasteiger partial charge in [0.15, 0.2) is 29.6 Å². The van der Waals surface area contributed by atoms with E-state index in [-0.39, 0.29) is 23.6 Å². The Hall–Kier alpha value is -5.76. The first-order valence-electron chi connectivity index (χ1n) is 14.3. The molecule has 3 heterocycles. The molecule has 1 fully saturated rings. The molecule has 0 aliphatic carbocycles. The number of hydrogen-bond acceptors (Lipinski definition) is 12. The van der Waals surface area contributed by atoms with Crippen LogP contribution in [0.1, 0.15) is 44.2 Å². The predicted molar refractivity (Wildman–Crippen MR) is 165 cm³/mol. The molecule has 0 saturated carbocycles. The zero-order chi connectivity index (χ0) is 32.1. The molecule has 0 spiro atoms. The fourth-order valence-corrected chi connectivity index (χ4v) is 5.13. The number of hydrogen-bond donors (Lipinski definition) is 0. The topological polar surface area (TPSA) is 156 Å². The van der Waals surface area contributed by atoms with Gasteiger partial charge in [-0.15, -0.1) is 5.11 Å². The lowest BCUT2D eigenvalue weighted by Gasteiger charge is -2.30. The van der Waals surface area contributed by atoms with Crippen LogP contribution >= 0.6 is 0 Å². The molecule has 0 N–H and O–H groups in total. The number of fused-ring (bicyclic) bond motifs is 1. The number of esters is 3. The van der Waals surface area contributed by atoms with Crippen LogP contribution in [0, 0.1) is 0 Å². The van der Waals surface area contributed by atoms with Gasteiger partial charge in [-0.3, -0.25) is 9.59 Å². The van der Waals surface area contributed by atoms with Crippen LogP contribution in [0.4, 0.5) is 5.82 Å². The van der Waals surface area contributed by atoms with Crippen molar-refractivity contribution in [3.63, 3.8) is 0 Å². The normalized spacial score (nSPS) is 20.8. The van der Waals surface area contributed by atoms with E-state index in [0.29, 0.717) is 16.7 Å². The largest absolute Gasteiger partial charge is 0.459 e. The second-order valence-corrected chi connectivity index (χ2v) is 10.5. The molecule has 0 radical (unpaired) electrons. The van der Waals surface area contributed by atoms with E-state index >= 15 is 0 Å². The monoisotopic (exact) mass is 618 g/mol. The lowest BCUT2D eigenvalue weighted by atomic mass is 9.97. The lowest BCUT2D eigenvalue weighted by Crippen LogP contribution is -2.48. The maximum atomic E-state index is 13.5. The van der Waals surface area contributed by atoms with Crippen molar-refractivity contribution < 1.29 is 33.3 Å². The fraction of sp³-hybridized carbons (Fsp3) is 0.188. The molecule has 2 aromatic heterocycles. The van der Waals surface area contributed by atoms with Gasteiger partial charge in [0.1, 0.15) is 18.5 Å². The van der Waals surface area contributed by atoms with Gasteiger partial charge in [-0.05, 0) is 43.3 Å². The fourth-order valence-electron chi connectivity index (χ4n) is 5.13. The molecule has 0 bridgehead atoms. The van der Waals surface area contributed by atoms with Crippen molar-refractivity contribution in [3.05, 3.63) is 120 Å². The van der Waals surface area contributed by atoms with Crippen LogP contribution in [-0.4, -0.2) is 69.8 Å². The molecule has 1 aliphatic heterocycles. The molecule has 5 aromatic rings. The number of aromatic nitrogens is 4. The first-order chi connectivity index (χ1) is 22.4. The molecule has 0 amide bonds. The molecule has 4 atom stereocenters. The molecule has 6 rings (SSSR count). The Balaban J connectivity index is 1.42. The number of ether oxygens (including phenoxy) is 4. The van der Waals surface area contributed by atoms with Crippen molar-refractivity contribution >= 4 is 42.9 Å². The second-order valence-electron chi connectivity index (χ2n) is 10.5. The zero-order valence-corrected chi connectivity index (χ0v) is 24.8. The summed E-state index contributed by atoms with van der Waals surface area (Å²) in [5.74, 6) is -1.78. The van der Waals surface area contributed by atoms with E-state index in [1.165, 1.54) is 25.2 Å². The van der Waals surface area contributed by atoms with Crippen LogP contribution in [0.15, 0.2) is 114 Å². The molecule has 13 nitrogen and oxygen atoms in total. The van der Waals surface area contributed by atoms with Crippen molar-refractivity contribution in [1.82, 2.24) is 19.5 Å². The van der Waals surface area contributed by atoms with E-state index in [9.17, 15) is 14.4 Å².